The van der Waals surface area contributed by atoms with Crippen molar-refractivity contribution in [1.29, 1.82) is 0 Å². The number of benzene rings is 2. The monoisotopic (exact) mass is 325 g/mol. The largest absolute Gasteiger partial charge is 0.423 e. The Morgan fingerprint density at radius 3 is 2.29 bits per heavy atom. The lowest BCUT2D eigenvalue weighted by molar-refractivity contribution is -0.134. The summed E-state index contributed by atoms with van der Waals surface area (Å²) < 4.78 is 10.3. The molecule has 0 spiro atoms. The summed E-state index contributed by atoms with van der Waals surface area (Å²) in [5.74, 6) is -0.951. The van der Waals surface area contributed by atoms with Gasteiger partial charge in [-0.1, -0.05) is 35.4 Å². The molecule has 0 bridgehead atoms. The molecule has 0 aliphatic carbocycles. The molecule has 2 aromatic carbocycles. The fourth-order valence-corrected chi connectivity index (χ4v) is 2.17. The molecule has 122 valence electrons. The van der Waals surface area contributed by atoms with E-state index in [-0.39, 0.29) is 18.0 Å². The molecule has 0 aromatic heterocycles. The highest BCUT2D eigenvalue weighted by Crippen LogP contribution is 2.37. The van der Waals surface area contributed by atoms with E-state index in [0.717, 1.165) is 11.1 Å². The number of carbonyl (C=O) groups excluding carboxylic acids is 2. The van der Waals surface area contributed by atoms with E-state index in [1.807, 2.05) is 30.3 Å². The van der Waals surface area contributed by atoms with Crippen LogP contribution in [0.1, 0.15) is 19.4 Å². The summed E-state index contributed by atoms with van der Waals surface area (Å²) in [7, 11) is 0. The van der Waals surface area contributed by atoms with Crippen LogP contribution in [0.2, 0.25) is 0 Å². The summed E-state index contributed by atoms with van der Waals surface area (Å²) in [4.78, 5) is 25.5. The van der Waals surface area contributed by atoms with E-state index >= 15 is 0 Å². The number of hydrogen-bond acceptors (Lipinski definition) is 5. The molecule has 7 nitrogen and oxygen atoms in total. The Balaban J connectivity index is 2.64. The standard InChI is InChI=1S/C17H15N3O4/c1-11(21)23-16-9-14(13-6-4-3-5-7-13)8-15(10-19-20-18)17(16)24-12(2)22/h3-9H,10H2,1-2H3. The van der Waals surface area contributed by atoms with Gasteiger partial charge in [-0.05, 0) is 28.8 Å². The van der Waals surface area contributed by atoms with Crippen LogP contribution in [0.3, 0.4) is 0 Å². The number of rotatable bonds is 5. The summed E-state index contributed by atoms with van der Waals surface area (Å²) in [6, 6.07) is 12.7. The van der Waals surface area contributed by atoms with Gasteiger partial charge >= 0.3 is 11.9 Å². The van der Waals surface area contributed by atoms with Gasteiger partial charge < -0.3 is 9.47 Å². The smallest absolute Gasteiger partial charge is 0.308 e. The van der Waals surface area contributed by atoms with Crippen molar-refractivity contribution in [2.45, 2.75) is 20.4 Å². The average Bonchev–Trinajstić information content (AvgIpc) is 2.55. The van der Waals surface area contributed by atoms with E-state index in [1.54, 1.807) is 12.1 Å². The Morgan fingerprint density at radius 2 is 1.71 bits per heavy atom. The molecule has 0 aliphatic rings. The highest BCUT2D eigenvalue weighted by atomic mass is 16.6. The van der Waals surface area contributed by atoms with Crippen LogP contribution in [-0.4, -0.2) is 11.9 Å². The number of hydrogen-bond donors (Lipinski definition) is 0. The van der Waals surface area contributed by atoms with Gasteiger partial charge in [0.15, 0.2) is 11.5 Å². The Bertz CT molecular complexity index is 787. The van der Waals surface area contributed by atoms with Gasteiger partial charge in [0.25, 0.3) is 0 Å². The number of azide groups is 1. The highest BCUT2D eigenvalue weighted by Gasteiger charge is 2.17. The Hall–Kier alpha value is -3.31. The van der Waals surface area contributed by atoms with Crippen LogP contribution in [0.25, 0.3) is 21.6 Å². The van der Waals surface area contributed by atoms with Gasteiger partial charge in [0.2, 0.25) is 0 Å². The molecule has 7 heteroatoms. The molecule has 0 aliphatic heterocycles. The minimum atomic E-state index is -0.571. The lowest BCUT2D eigenvalue weighted by Gasteiger charge is -2.15. The van der Waals surface area contributed by atoms with Crippen molar-refractivity contribution in [1.82, 2.24) is 0 Å². The zero-order valence-electron chi connectivity index (χ0n) is 13.2. The molecular weight excluding hydrogens is 310 g/mol. The van der Waals surface area contributed by atoms with Crippen molar-refractivity contribution in [2.24, 2.45) is 5.11 Å². The maximum atomic E-state index is 11.4. The van der Waals surface area contributed by atoms with Crippen molar-refractivity contribution in [2.75, 3.05) is 0 Å². The van der Waals surface area contributed by atoms with E-state index < -0.39 is 11.9 Å². The van der Waals surface area contributed by atoms with E-state index in [9.17, 15) is 9.59 Å². The van der Waals surface area contributed by atoms with Gasteiger partial charge in [-0.3, -0.25) is 9.59 Å². The van der Waals surface area contributed by atoms with Gasteiger partial charge in [-0.25, -0.2) is 0 Å². The summed E-state index contributed by atoms with van der Waals surface area (Å²) >= 11 is 0. The van der Waals surface area contributed by atoms with Gasteiger partial charge in [-0.15, -0.1) is 0 Å². The van der Waals surface area contributed by atoms with Crippen molar-refractivity contribution in [3.05, 3.63) is 58.5 Å². The van der Waals surface area contributed by atoms with Crippen LogP contribution in [0.15, 0.2) is 47.6 Å². The predicted octanol–water partition coefficient (Wildman–Crippen LogP) is 4.01. The first-order valence-corrected chi connectivity index (χ1v) is 7.11. The van der Waals surface area contributed by atoms with E-state index in [1.165, 1.54) is 13.8 Å². The lowest BCUT2D eigenvalue weighted by atomic mass is 10.0. The molecule has 0 fully saturated rings. The third-order valence-electron chi connectivity index (χ3n) is 3.04. The average molecular weight is 325 g/mol. The summed E-state index contributed by atoms with van der Waals surface area (Å²) in [6.45, 7) is 2.44. The highest BCUT2D eigenvalue weighted by molar-refractivity contribution is 5.77. The zero-order valence-corrected chi connectivity index (χ0v) is 13.2. The van der Waals surface area contributed by atoms with Gasteiger partial charge in [-0.2, -0.15) is 0 Å². The lowest BCUT2D eigenvalue weighted by Crippen LogP contribution is -2.09. The Morgan fingerprint density at radius 1 is 1.04 bits per heavy atom. The summed E-state index contributed by atoms with van der Waals surface area (Å²) in [5, 5.41) is 3.51. The number of nitrogens with zero attached hydrogens (tertiary/aromatic N) is 3. The molecule has 0 saturated carbocycles. The Labute approximate surface area is 138 Å². The number of esters is 2. The first kappa shape index (κ1) is 17.1. The molecule has 0 unspecified atom stereocenters. The fourth-order valence-electron chi connectivity index (χ4n) is 2.17. The molecule has 0 atom stereocenters. The second kappa shape index (κ2) is 7.80. The quantitative estimate of drug-likeness (QED) is 0.272. The zero-order chi connectivity index (χ0) is 17.5. The second-order valence-corrected chi connectivity index (χ2v) is 4.90. The van der Waals surface area contributed by atoms with Crippen molar-refractivity contribution in [3.8, 4) is 22.6 Å². The molecule has 0 radical (unpaired) electrons. The molecule has 0 saturated heterocycles. The van der Waals surface area contributed by atoms with Crippen molar-refractivity contribution >= 4 is 11.9 Å². The molecule has 0 heterocycles. The first-order valence-electron chi connectivity index (χ1n) is 7.11. The van der Waals surface area contributed by atoms with Crippen molar-refractivity contribution < 1.29 is 19.1 Å². The molecule has 0 amide bonds. The maximum Gasteiger partial charge on any atom is 0.308 e. The van der Waals surface area contributed by atoms with Crippen LogP contribution >= 0.6 is 0 Å². The third-order valence-corrected chi connectivity index (χ3v) is 3.04. The van der Waals surface area contributed by atoms with E-state index in [4.69, 9.17) is 15.0 Å². The third kappa shape index (κ3) is 4.34. The molecule has 0 N–H and O–H groups in total. The normalized spacial score (nSPS) is 9.75. The summed E-state index contributed by atoms with van der Waals surface area (Å²) in [6.07, 6.45) is 0. The SMILES string of the molecule is CC(=O)Oc1cc(-c2ccccc2)cc(CN=[N+]=[N-])c1OC(C)=O. The first-order chi connectivity index (χ1) is 11.5. The maximum absolute atomic E-state index is 11.4. The van der Waals surface area contributed by atoms with Crippen LogP contribution in [0.5, 0.6) is 11.5 Å². The van der Waals surface area contributed by atoms with Gasteiger partial charge in [0.05, 0.1) is 6.54 Å². The number of carbonyl (C=O) groups is 2. The molecule has 2 rings (SSSR count). The molecule has 2 aromatic rings. The minimum absolute atomic E-state index is 0.0476. The second-order valence-electron chi connectivity index (χ2n) is 4.90. The van der Waals surface area contributed by atoms with Crippen LogP contribution in [-0.2, 0) is 16.1 Å². The van der Waals surface area contributed by atoms with Crippen molar-refractivity contribution in [3.63, 3.8) is 0 Å². The van der Waals surface area contributed by atoms with E-state index in [0.29, 0.717) is 5.56 Å². The van der Waals surface area contributed by atoms with Gasteiger partial charge in [0.1, 0.15) is 0 Å². The summed E-state index contributed by atoms with van der Waals surface area (Å²) in [5.41, 5.74) is 10.6. The fraction of sp³-hybridized carbons (Fsp3) is 0.176. The topological polar surface area (TPSA) is 101 Å². The van der Waals surface area contributed by atoms with Crippen LogP contribution in [0.4, 0.5) is 0 Å². The van der Waals surface area contributed by atoms with Crippen LogP contribution in [0, 0.1) is 0 Å². The minimum Gasteiger partial charge on any atom is -0.423 e. The molecule has 24 heavy (non-hydrogen) atoms. The predicted molar refractivity (Wildman–Crippen MR) is 87.3 cm³/mol. The van der Waals surface area contributed by atoms with Gasteiger partial charge in [0, 0.05) is 24.3 Å². The van der Waals surface area contributed by atoms with E-state index in [2.05, 4.69) is 10.0 Å². The van der Waals surface area contributed by atoms with Crippen LogP contribution < -0.4 is 9.47 Å². The number of ether oxygens (including phenoxy) is 2. The Kier molecular flexibility index (Phi) is 5.54. The molecular formula is C17H15N3O4.